The first-order valence-electron chi connectivity index (χ1n) is 7.85. The van der Waals surface area contributed by atoms with Gasteiger partial charge in [0, 0.05) is 31.8 Å². The van der Waals surface area contributed by atoms with Gasteiger partial charge in [-0.1, -0.05) is 20.8 Å². The molecule has 0 aromatic carbocycles. The van der Waals surface area contributed by atoms with Crippen molar-refractivity contribution in [3.05, 3.63) is 23.8 Å². The number of carbonyl (C=O) groups excluding carboxylic acids is 1. The Morgan fingerprint density at radius 1 is 1.52 bits per heavy atom. The predicted octanol–water partition coefficient (Wildman–Crippen LogP) is 2.63. The lowest BCUT2D eigenvalue weighted by molar-refractivity contribution is 0.00191. The smallest absolute Gasteiger partial charge is 0.272 e. The van der Waals surface area contributed by atoms with Gasteiger partial charge in [-0.15, -0.1) is 0 Å². The maximum atomic E-state index is 12.6. The Balaban J connectivity index is 2.03. The minimum atomic E-state index is -0.0101. The van der Waals surface area contributed by atoms with Gasteiger partial charge in [0.2, 0.25) is 0 Å². The van der Waals surface area contributed by atoms with Crippen LogP contribution in [0.5, 0.6) is 0 Å². The van der Waals surface area contributed by atoms with Crippen molar-refractivity contribution in [2.45, 2.75) is 52.1 Å². The first kappa shape index (κ1) is 15.9. The summed E-state index contributed by atoms with van der Waals surface area (Å²) in [5, 5.41) is 0. The molecule has 1 aromatic heterocycles. The van der Waals surface area contributed by atoms with E-state index in [-0.39, 0.29) is 17.9 Å². The summed E-state index contributed by atoms with van der Waals surface area (Å²) < 4.78 is 5.78. The fourth-order valence-electron chi connectivity index (χ4n) is 2.48. The Labute approximate surface area is 126 Å². The zero-order chi connectivity index (χ0) is 15.2. The number of piperidine rings is 1. The van der Waals surface area contributed by atoms with Crippen LogP contribution >= 0.6 is 0 Å². The lowest BCUT2D eigenvalue weighted by Gasteiger charge is -2.32. The van der Waals surface area contributed by atoms with Crippen LogP contribution in [0.25, 0.3) is 0 Å². The SMILES string of the molecule is CCCO[C@@H]1CCCN(C(=O)c2ccnc(C(C)C)n2)C1. The Bertz CT molecular complexity index is 476. The van der Waals surface area contributed by atoms with Gasteiger partial charge in [-0.2, -0.15) is 0 Å². The van der Waals surface area contributed by atoms with E-state index in [2.05, 4.69) is 16.9 Å². The highest BCUT2D eigenvalue weighted by Crippen LogP contribution is 2.16. The monoisotopic (exact) mass is 291 g/mol. The van der Waals surface area contributed by atoms with E-state index in [1.54, 1.807) is 12.3 Å². The molecule has 0 N–H and O–H groups in total. The number of hydrogen-bond acceptors (Lipinski definition) is 4. The second-order valence-electron chi connectivity index (χ2n) is 5.84. The highest BCUT2D eigenvalue weighted by atomic mass is 16.5. The number of amides is 1. The number of likely N-dealkylation sites (tertiary alicyclic amines) is 1. The summed E-state index contributed by atoms with van der Waals surface area (Å²) in [6, 6.07) is 1.70. The topological polar surface area (TPSA) is 55.3 Å². The average Bonchev–Trinajstić information content (AvgIpc) is 2.52. The fraction of sp³-hybridized carbons (Fsp3) is 0.688. The molecule has 5 heteroatoms. The number of hydrogen-bond donors (Lipinski definition) is 0. The van der Waals surface area contributed by atoms with Crippen molar-refractivity contribution < 1.29 is 9.53 Å². The molecule has 5 nitrogen and oxygen atoms in total. The molecule has 1 atom stereocenters. The van der Waals surface area contributed by atoms with E-state index in [0.29, 0.717) is 12.2 Å². The van der Waals surface area contributed by atoms with Crippen molar-refractivity contribution in [3.8, 4) is 0 Å². The second kappa shape index (κ2) is 7.50. The van der Waals surface area contributed by atoms with Gasteiger partial charge in [0.15, 0.2) is 0 Å². The molecule has 2 heterocycles. The van der Waals surface area contributed by atoms with E-state index in [4.69, 9.17) is 4.74 Å². The quantitative estimate of drug-likeness (QED) is 0.837. The summed E-state index contributed by atoms with van der Waals surface area (Å²) in [7, 11) is 0. The normalized spacial score (nSPS) is 19.0. The summed E-state index contributed by atoms with van der Waals surface area (Å²) in [5.74, 6) is 0.931. The molecule has 116 valence electrons. The van der Waals surface area contributed by atoms with Crippen LogP contribution in [-0.2, 0) is 4.74 Å². The van der Waals surface area contributed by atoms with E-state index in [1.165, 1.54) is 0 Å². The van der Waals surface area contributed by atoms with Crippen molar-refractivity contribution >= 4 is 5.91 Å². The van der Waals surface area contributed by atoms with Crippen molar-refractivity contribution in [1.29, 1.82) is 0 Å². The van der Waals surface area contributed by atoms with Crippen LogP contribution in [0.2, 0.25) is 0 Å². The molecule has 0 aliphatic carbocycles. The summed E-state index contributed by atoms with van der Waals surface area (Å²) in [5.41, 5.74) is 0.491. The highest BCUT2D eigenvalue weighted by Gasteiger charge is 2.25. The number of nitrogens with zero attached hydrogens (tertiary/aromatic N) is 3. The van der Waals surface area contributed by atoms with Crippen LogP contribution < -0.4 is 0 Å². The average molecular weight is 291 g/mol. The van der Waals surface area contributed by atoms with E-state index in [1.807, 2.05) is 18.7 Å². The van der Waals surface area contributed by atoms with Gasteiger partial charge in [-0.25, -0.2) is 9.97 Å². The second-order valence-corrected chi connectivity index (χ2v) is 5.84. The van der Waals surface area contributed by atoms with Crippen molar-refractivity contribution in [2.24, 2.45) is 0 Å². The van der Waals surface area contributed by atoms with Crippen LogP contribution in [0.4, 0.5) is 0 Å². The molecule has 0 bridgehead atoms. The largest absolute Gasteiger partial charge is 0.376 e. The third-order valence-corrected chi connectivity index (χ3v) is 3.63. The van der Waals surface area contributed by atoms with E-state index >= 15 is 0 Å². The number of ether oxygens (including phenoxy) is 1. The van der Waals surface area contributed by atoms with Crippen molar-refractivity contribution in [2.75, 3.05) is 19.7 Å². The van der Waals surface area contributed by atoms with Gasteiger partial charge in [0.1, 0.15) is 11.5 Å². The van der Waals surface area contributed by atoms with Gasteiger partial charge in [-0.05, 0) is 25.3 Å². The Hall–Kier alpha value is -1.49. The lowest BCUT2D eigenvalue weighted by atomic mass is 10.1. The van der Waals surface area contributed by atoms with E-state index in [0.717, 1.165) is 38.2 Å². The molecule has 0 unspecified atom stereocenters. The van der Waals surface area contributed by atoms with Gasteiger partial charge in [0.05, 0.1) is 6.10 Å². The van der Waals surface area contributed by atoms with Crippen LogP contribution in [0.1, 0.15) is 62.3 Å². The van der Waals surface area contributed by atoms with Crippen LogP contribution in [0.15, 0.2) is 12.3 Å². The fourth-order valence-corrected chi connectivity index (χ4v) is 2.48. The molecule has 1 saturated heterocycles. The molecule has 1 aliphatic heterocycles. The summed E-state index contributed by atoms with van der Waals surface area (Å²) >= 11 is 0. The van der Waals surface area contributed by atoms with Gasteiger partial charge < -0.3 is 9.64 Å². The number of aromatic nitrogens is 2. The molecule has 1 fully saturated rings. The molecule has 1 aromatic rings. The van der Waals surface area contributed by atoms with Gasteiger partial charge in [0.25, 0.3) is 5.91 Å². The molecular weight excluding hydrogens is 266 g/mol. The summed E-state index contributed by atoms with van der Waals surface area (Å²) in [6.07, 6.45) is 4.86. The Kier molecular flexibility index (Phi) is 5.67. The third kappa shape index (κ3) is 4.24. The first-order chi connectivity index (χ1) is 10.1. The first-order valence-corrected chi connectivity index (χ1v) is 7.85. The zero-order valence-corrected chi connectivity index (χ0v) is 13.2. The van der Waals surface area contributed by atoms with Crippen LogP contribution in [-0.4, -0.2) is 46.6 Å². The Morgan fingerprint density at radius 2 is 2.33 bits per heavy atom. The predicted molar refractivity (Wildman–Crippen MR) is 81.3 cm³/mol. The van der Waals surface area contributed by atoms with Crippen LogP contribution in [0.3, 0.4) is 0 Å². The van der Waals surface area contributed by atoms with E-state index < -0.39 is 0 Å². The number of rotatable bonds is 5. The molecule has 0 radical (unpaired) electrons. The molecule has 1 amide bonds. The summed E-state index contributed by atoms with van der Waals surface area (Å²) in [6.45, 7) is 8.36. The highest BCUT2D eigenvalue weighted by molar-refractivity contribution is 5.92. The van der Waals surface area contributed by atoms with Gasteiger partial charge in [-0.3, -0.25) is 4.79 Å². The van der Waals surface area contributed by atoms with Gasteiger partial charge >= 0.3 is 0 Å². The molecule has 2 rings (SSSR count). The zero-order valence-electron chi connectivity index (χ0n) is 13.2. The van der Waals surface area contributed by atoms with Crippen LogP contribution in [0, 0.1) is 0 Å². The third-order valence-electron chi connectivity index (χ3n) is 3.63. The standard InChI is InChI=1S/C16H25N3O2/c1-4-10-21-13-6-5-9-19(11-13)16(20)14-7-8-17-15(18-14)12(2)3/h7-8,12-13H,4-6,9-11H2,1-3H3/t13-/m1/s1. The summed E-state index contributed by atoms with van der Waals surface area (Å²) in [4.78, 5) is 23.0. The van der Waals surface area contributed by atoms with E-state index in [9.17, 15) is 4.79 Å². The molecule has 0 spiro atoms. The minimum absolute atomic E-state index is 0.0101. The molecule has 0 saturated carbocycles. The van der Waals surface area contributed by atoms with Crippen molar-refractivity contribution in [3.63, 3.8) is 0 Å². The molecule has 1 aliphatic rings. The van der Waals surface area contributed by atoms with Crippen molar-refractivity contribution in [1.82, 2.24) is 14.9 Å². The maximum absolute atomic E-state index is 12.6. The Morgan fingerprint density at radius 3 is 3.05 bits per heavy atom. The molecule has 21 heavy (non-hydrogen) atoms. The lowest BCUT2D eigenvalue weighted by Crippen LogP contribution is -2.43. The minimum Gasteiger partial charge on any atom is -0.376 e. The maximum Gasteiger partial charge on any atom is 0.272 e. The number of carbonyl (C=O) groups is 1. The molecular formula is C16H25N3O2.